The zero-order chi connectivity index (χ0) is 16.9. The molecule has 4 heteroatoms. The molecule has 2 aromatic rings. The van der Waals surface area contributed by atoms with Gasteiger partial charge in [-0.3, -0.25) is 0 Å². The van der Waals surface area contributed by atoms with Crippen LogP contribution in [0.5, 0.6) is 0 Å². The summed E-state index contributed by atoms with van der Waals surface area (Å²) in [5, 5.41) is 8.71. The lowest BCUT2D eigenvalue weighted by molar-refractivity contribution is 0.172. The summed E-state index contributed by atoms with van der Waals surface area (Å²) < 4.78 is 2.11. The van der Waals surface area contributed by atoms with Gasteiger partial charge in [-0.05, 0) is 36.7 Å². The van der Waals surface area contributed by atoms with Crippen molar-refractivity contribution in [2.45, 2.75) is 52.0 Å². The van der Waals surface area contributed by atoms with Gasteiger partial charge in [0.05, 0.1) is 11.7 Å². The van der Waals surface area contributed by atoms with Gasteiger partial charge in [0.25, 0.3) is 0 Å². The van der Waals surface area contributed by atoms with E-state index in [0.717, 1.165) is 31.7 Å². The van der Waals surface area contributed by atoms with Crippen LogP contribution >= 0.6 is 0 Å². The molecule has 0 bridgehead atoms. The van der Waals surface area contributed by atoms with Crippen molar-refractivity contribution in [2.24, 2.45) is 5.92 Å². The molecule has 1 aliphatic rings. The number of piperidine rings is 1. The smallest absolute Gasteiger partial charge is 0.0829 e. The Labute approximate surface area is 145 Å². The summed E-state index contributed by atoms with van der Waals surface area (Å²) in [4.78, 5) is 2.60. The minimum atomic E-state index is 0.515. The molecule has 0 spiro atoms. The Morgan fingerprint density at radius 1 is 1.08 bits per heavy atom. The third-order valence-electron chi connectivity index (χ3n) is 5.01. The van der Waals surface area contributed by atoms with Gasteiger partial charge >= 0.3 is 0 Å². The van der Waals surface area contributed by atoms with E-state index in [1.165, 1.54) is 18.4 Å². The highest BCUT2D eigenvalue weighted by atomic mass is 15.4. The quantitative estimate of drug-likeness (QED) is 0.807. The largest absolute Gasteiger partial charge is 0.303 e. The Balaban J connectivity index is 1.49. The summed E-state index contributed by atoms with van der Waals surface area (Å²) in [6, 6.07) is 11.4. The molecule has 1 atom stereocenters. The summed E-state index contributed by atoms with van der Waals surface area (Å²) in [6.45, 7) is 10.2. The maximum atomic E-state index is 4.37. The van der Waals surface area contributed by atoms with Crippen LogP contribution in [0.3, 0.4) is 0 Å². The Hall–Kier alpha value is -1.68. The third kappa shape index (κ3) is 4.44. The van der Waals surface area contributed by atoms with Crippen LogP contribution in [0.4, 0.5) is 0 Å². The number of aromatic nitrogens is 3. The molecule has 0 aliphatic carbocycles. The summed E-state index contributed by atoms with van der Waals surface area (Å²) in [6.07, 6.45) is 5.53. The summed E-state index contributed by atoms with van der Waals surface area (Å²) in [5.74, 6) is 1.23. The molecule has 1 fully saturated rings. The zero-order valence-corrected chi connectivity index (χ0v) is 15.2. The third-order valence-corrected chi connectivity index (χ3v) is 5.01. The average Bonchev–Trinajstić information content (AvgIpc) is 3.04. The van der Waals surface area contributed by atoms with E-state index < -0.39 is 0 Å². The van der Waals surface area contributed by atoms with Crippen LogP contribution in [0.15, 0.2) is 36.5 Å². The predicted octanol–water partition coefficient (Wildman–Crippen LogP) is 3.92. The molecule has 3 rings (SSSR count). The molecular formula is C20H30N4. The maximum absolute atomic E-state index is 4.37. The molecule has 1 aromatic carbocycles. The van der Waals surface area contributed by atoms with Gasteiger partial charge in [-0.2, -0.15) is 0 Å². The van der Waals surface area contributed by atoms with Gasteiger partial charge in [0.1, 0.15) is 0 Å². The number of hydrogen-bond acceptors (Lipinski definition) is 3. The number of benzene rings is 1. The van der Waals surface area contributed by atoms with Gasteiger partial charge in [-0.25, -0.2) is 4.68 Å². The summed E-state index contributed by atoms with van der Waals surface area (Å²) in [5.41, 5.74) is 2.57. The first-order valence-electron chi connectivity index (χ1n) is 9.30. The molecule has 1 aliphatic heterocycles. The lowest BCUT2D eigenvalue weighted by Crippen LogP contribution is -2.37. The van der Waals surface area contributed by atoms with Crippen molar-refractivity contribution < 1.29 is 0 Å². The number of likely N-dealkylation sites (tertiary alicyclic amines) is 1. The molecule has 0 unspecified atom stereocenters. The molecule has 1 saturated heterocycles. The molecule has 4 nitrogen and oxygen atoms in total. The Morgan fingerprint density at radius 2 is 1.79 bits per heavy atom. The van der Waals surface area contributed by atoms with Crippen LogP contribution in [0, 0.1) is 5.92 Å². The molecular weight excluding hydrogens is 296 g/mol. The molecule has 0 amide bonds. The van der Waals surface area contributed by atoms with E-state index in [0.29, 0.717) is 17.9 Å². The van der Waals surface area contributed by atoms with Crippen LogP contribution in [0.1, 0.15) is 56.8 Å². The first-order valence-corrected chi connectivity index (χ1v) is 9.30. The molecule has 24 heavy (non-hydrogen) atoms. The fourth-order valence-corrected chi connectivity index (χ4v) is 3.64. The van der Waals surface area contributed by atoms with Gasteiger partial charge in [-0.1, -0.05) is 56.3 Å². The van der Waals surface area contributed by atoms with Crippen molar-refractivity contribution in [3.05, 3.63) is 47.8 Å². The highest BCUT2D eigenvalue weighted by Gasteiger charge is 2.23. The minimum Gasteiger partial charge on any atom is -0.303 e. The molecule has 2 heterocycles. The topological polar surface area (TPSA) is 34.0 Å². The van der Waals surface area contributed by atoms with Crippen molar-refractivity contribution in [2.75, 3.05) is 19.6 Å². The lowest BCUT2D eigenvalue weighted by atomic mass is 9.98. The Morgan fingerprint density at radius 3 is 2.46 bits per heavy atom. The van der Waals surface area contributed by atoms with Crippen LogP contribution < -0.4 is 0 Å². The van der Waals surface area contributed by atoms with E-state index in [1.54, 1.807) is 0 Å². The number of rotatable bonds is 6. The standard InChI is InChI=1S/C20H30N4/c1-16(2)13-19-15-24(22-21-19)20-9-11-23(12-10-20)14-17(3)18-7-5-4-6-8-18/h4-8,15-17,20H,9-14H2,1-3H3/t17-/m1/s1. The van der Waals surface area contributed by atoms with E-state index in [4.69, 9.17) is 0 Å². The van der Waals surface area contributed by atoms with Crippen LogP contribution in [0.2, 0.25) is 0 Å². The Kier molecular flexibility index (Phi) is 5.67. The van der Waals surface area contributed by atoms with Crippen LogP contribution in [0.25, 0.3) is 0 Å². The number of nitrogens with zero attached hydrogens (tertiary/aromatic N) is 4. The van der Waals surface area contributed by atoms with Crippen molar-refractivity contribution >= 4 is 0 Å². The fourth-order valence-electron chi connectivity index (χ4n) is 3.64. The zero-order valence-electron chi connectivity index (χ0n) is 15.2. The Bertz CT molecular complexity index is 612. The second kappa shape index (κ2) is 7.93. The van der Waals surface area contributed by atoms with Crippen molar-refractivity contribution in [3.63, 3.8) is 0 Å². The summed E-state index contributed by atoms with van der Waals surface area (Å²) >= 11 is 0. The first-order chi connectivity index (χ1) is 11.6. The average molecular weight is 326 g/mol. The van der Waals surface area contributed by atoms with Crippen LogP contribution in [-0.4, -0.2) is 39.5 Å². The van der Waals surface area contributed by atoms with Gasteiger partial charge in [-0.15, -0.1) is 5.10 Å². The predicted molar refractivity (Wildman–Crippen MR) is 98.1 cm³/mol. The highest BCUT2D eigenvalue weighted by Crippen LogP contribution is 2.24. The molecule has 1 aromatic heterocycles. The van der Waals surface area contributed by atoms with Crippen molar-refractivity contribution in [3.8, 4) is 0 Å². The van der Waals surface area contributed by atoms with E-state index in [9.17, 15) is 0 Å². The first kappa shape index (κ1) is 17.2. The van der Waals surface area contributed by atoms with E-state index in [1.807, 2.05) is 0 Å². The van der Waals surface area contributed by atoms with Gasteiger partial charge in [0.2, 0.25) is 0 Å². The molecule has 130 valence electrons. The fraction of sp³-hybridized carbons (Fsp3) is 0.600. The molecule has 0 radical (unpaired) electrons. The van der Waals surface area contributed by atoms with E-state index in [2.05, 4.69) is 77.2 Å². The second-order valence-corrected chi connectivity index (χ2v) is 7.63. The lowest BCUT2D eigenvalue weighted by Gasteiger charge is -2.33. The van der Waals surface area contributed by atoms with Gasteiger partial charge < -0.3 is 4.90 Å². The summed E-state index contributed by atoms with van der Waals surface area (Å²) in [7, 11) is 0. The van der Waals surface area contributed by atoms with Crippen molar-refractivity contribution in [1.29, 1.82) is 0 Å². The second-order valence-electron chi connectivity index (χ2n) is 7.63. The normalized spacial score (nSPS) is 18.2. The minimum absolute atomic E-state index is 0.515. The maximum Gasteiger partial charge on any atom is 0.0829 e. The SMILES string of the molecule is CC(C)Cc1cn(C2CCN(C[C@@H](C)c3ccccc3)CC2)nn1. The number of hydrogen-bond donors (Lipinski definition) is 0. The van der Waals surface area contributed by atoms with Crippen molar-refractivity contribution in [1.82, 2.24) is 19.9 Å². The molecule has 0 N–H and O–H groups in total. The monoisotopic (exact) mass is 326 g/mol. The van der Waals surface area contributed by atoms with Crippen LogP contribution in [-0.2, 0) is 6.42 Å². The van der Waals surface area contributed by atoms with E-state index in [-0.39, 0.29) is 0 Å². The molecule has 0 saturated carbocycles. The van der Waals surface area contributed by atoms with Gasteiger partial charge in [0, 0.05) is 25.8 Å². The van der Waals surface area contributed by atoms with E-state index >= 15 is 0 Å². The van der Waals surface area contributed by atoms with Gasteiger partial charge in [0.15, 0.2) is 0 Å². The highest BCUT2D eigenvalue weighted by molar-refractivity contribution is 5.19.